The van der Waals surface area contributed by atoms with Gasteiger partial charge in [-0.05, 0) is 13.8 Å². The smallest absolute Gasteiger partial charge is 0.120 e. The lowest BCUT2D eigenvalue weighted by Gasteiger charge is -2.04. The van der Waals surface area contributed by atoms with Gasteiger partial charge in [0.15, 0.2) is 0 Å². The van der Waals surface area contributed by atoms with Crippen LogP contribution in [0.15, 0.2) is 6.33 Å². The van der Waals surface area contributed by atoms with Crippen LogP contribution in [0.2, 0.25) is 0 Å². The van der Waals surface area contributed by atoms with Crippen LogP contribution in [0.5, 0.6) is 0 Å². The molecule has 10 heavy (non-hydrogen) atoms. The largest absolute Gasteiger partial charge is 0.348 e. The van der Waals surface area contributed by atoms with Gasteiger partial charge in [0.05, 0.1) is 12.0 Å². The second-order valence-corrected chi connectivity index (χ2v) is 2.19. The van der Waals surface area contributed by atoms with E-state index in [-0.39, 0.29) is 6.10 Å². The molecule has 1 aromatic rings. The van der Waals surface area contributed by atoms with Gasteiger partial charge in [-0.3, -0.25) is 4.84 Å². The third-order valence-corrected chi connectivity index (χ3v) is 1.46. The molecule has 0 bridgehead atoms. The topological polar surface area (TPSA) is 63.9 Å². The molecule has 4 nitrogen and oxygen atoms in total. The SMILES string of the molecule is Cc1[nH]cnc1C(C)ON. The zero-order chi connectivity index (χ0) is 7.56. The van der Waals surface area contributed by atoms with Crippen molar-refractivity contribution in [3.05, 3.63) is 17.7 Å². The number of rotatable bonds is 2. The lowest BCUT2D eigenvalue weighted by atomic mass is 10.2. The molecular formula is C6H11N3O. The van der Waals surface area contributed by atoms with Crippen molar-refractivity contribution in [1.82, 2.24) is 9.97 Å². The van der Waals surface area contributed by atoms with Crippen LogP contribution in [0.25, 0.3) is 0 Å². The molecular weight excluding hydrogens is 130 g/mol. The first-order chi connectivity index (χ1) is 4.75. The monoisotopic (exact) mass is 141 g/mol. The third-order valence-electron chi connectivity index (χ3n) is 1.46. The fourth-order valence-corrected chi connectivity index (χ4v) is 0.844. The molecule has 0 saturated carbocycles. The van der Waals surface area contributed by atoms with Crippen molar-refractivity contribution in [2.24, 2.45) is 5.90 Å². The summed E-state index contributed by atoms with van der Waals surface area (Å²) in [6.45, 7) is 3.78. The highest BCUT2D eigenvalue weighted by molar-refractivity contribution is 5.10. The molecule has 56 valence electrons. The highest BCUT2D eigenvalue weighted by Crippen LogP contribution is 2.13. The van der Waals surface area contributed by atoms with Gasteiger partial charge in [0, 0.05) is 5.69 Å². The molecule has 0 fully saturated rings. The van der Waals surface area contributed by atoms with E-state index in [1.807, 2.05) is 13.8 Å². The standard InChI is InChI=1S/C6H11N3O/c1-4-6(5(2)10-7)9-3-8-4/h3,5H,7H2,1-2H3,(H,8,9). The Morgan fingerprint density at radius 2 is 2.50 bits per heavy atom. The van der Waals surface area contributed by atoms with Gasteiger partial charge in [-0.1, -0.05) is 0 Å². The molecule has 1 heterocycles. The summed E-state index contributed by atoms with van der Waals surface area (Å²) in [5.41, 5.74) is 1.86. The van der Waals surface area contributed by atoms with Crippen LogP contribution < -0.4 is 5.90 Å². The molecule has 0 aliphatic carbocycles. The summed E-state index contributed by atoms with van der Waals surface area (Å²) in [4.78, 5) is 11.6. The minimum atomic E-state index is -0.133. The summed E-state index contributed by atoms with van der Waals surface area (Å²) < 4.78 is 0. The number of aryl methyl sites for hydroxylation is 1. The van der Waals surface area contributed by atoms with Crippen molar-refractivity contribution in [2.45, 2.75) is 20.0 Å². The van der Waals surface area contributed by atoms with E-state index in [4.69, 9.17) is 5.90 Å². The Morgan fingerprint density at radius 3 is 2.90 bits per heavy atom. The number of H-pyrrole nitrogens is 1. The molecule has 4 heteroatoms. The van der Waals surface area contributed by atoms with Crippen molar-refractivity contribution >= 4 is 0 Å². The summed E-state index contributed by atoms with van der Waals surface area (Å²) in [6.07, 6.45) is 1.49. The van der Waals surface area contributed by atoms with E-state index in [1.54, 1.807) is 6.33 Å². The molecule has 0 spiro atoms. The molecule has 0 saturated heterocycles. The van der Waals surface area contributed by atoms with Crippen LogP contribution in [0.4, 0.5) is 0 Å². The Bertz CT molecular complexity index is 209. The molecule has 1 aromatic heterocycles. The summed E-state index contributed by atoms with van der Waals surface area (Å²) in [7, 11) is 0. The number of hydrogen-bond donors (Lipinski definition) is 2. The number of nitrogens with two attached hydrogens (primary N) is 1. The number of aromatic amines is 1. The molecule has 3 N–H and O–H groups in total. The summed E-state index contributed by atoms with van der Waals surface area (Å²) in [5, 5.41) is 0. The van der Waals surface area contributed by atoms with Gasteiger partial charge < -0.3 is 4.98 Å². The minimum Gasteiger partial charge on any atom is -0.348 e. The van der Waals surface area contributed by atoms with Crippen molar-refractivity contribution < 1.29 is 4.84 Å². The van der Waals surface area contributed by atoms with E-state index >= 15 is 0 Å². The molecule has 1 unspecified atom stereocenters. The number of hydrogen-bond acceptors (Lipinski definition) is 3. The maximum Gasteiger partial charge on any atom is 0.120 e. The fourth-order valence-electron chi connectivity index (χ4n) is 0.844. The van der Waals surface area contributed by atoms with Gasteiger partial charge in [0.25, 0.3) is 0 Å². The van der Waals surface area contributed by atoms with Gasteiger partial charge in [0.2, 0.25) is 0 Å². The van der Waals surface area contributed by atoms with E-state index in [0.29, 0.717) is 0 Å². The first kappa shape index (κ1) is 7.24. The molecule has 1 atom stereocenters. The number of imidazole rings is 1. The van der Waals surface area contributed by atoms with Crippen LogP contribution >= 0.6 is 0 Å². The number of aromatic nitrogens is 2. The van der Waals surface area contributed by atoms with Crippen LogP contribution in [0.1, 0.15) is 24.4 Å². The molecule has 0 aliphatic heterocycles. The van der Waals surface area contributed by atoms with Gasteiger partial charge in [-0.2, -0.15) is 0 Å². The molecule has 0 aliphatic rings. The van der Waals surface area contributed by atoms with Crippen LogP contribution in [-0.4, -0.2) is 9.97 Å². The van der Waals surface area contributed by atoms with Gasteiger partial charge >= 0.3 is 0 Å². The summed E-state index contributed by atoms with van der Waals surface area (Å²) in [5.74, 6) is 4.98. The van der Waals surface area contributed by atoms with E-state index in [0.717, 1.165) is 11.4 Å². The predicted molar refractivity (Wildman–Crippen MR) is 37.0 cm³/mol. The predicted octanol–water partition coefficient (Wildman–Crippen LogP) is 0.669. The van der Waals surface area contributed by atoms with E-state index in [2.05, 4.69) is 14.8 Å². The zero-order valence-electron chi connectivity index (χ0n) is 6.09. The third kappa shape index (κ3) is 1.17. The highest BCUT2D eigenvalue weighted by Gasteiger charge is 2.08. The number of nitrogens with zero attached hydrogens (tertiary/aromatic N) is 1. The van der Waals surface area contributed by atoms with Crippen LogP contribution in [0.3, 0.4) is 0 Å². The zero-order valence-corrected chi connectivity index (χ0v) is 6.09. The second kappa shape index (κ2) is 2.81. The Balaban J connectivity index is 2.82. The van der Waals surface area contributed by atoms with E-state index in [9.17, 15) is 0 Å². The van der Waals surface area contributed by atoms with Crippen LogP contribution in [0, 0.1) is 6.92 Å². The quantitative estimate of drug-likeness (QED) is 0.595. The van der Waals surface area contributed by atoms with Crippen molar-refractivity contribution in [3.63, 3.8) is 0 Å². The summed E-state index contributed by atoms with van der Waals surface area (Å²) in [6, 6.07) is 0. The normalized spacial score (nSPS) is 13.5. The Kier molecular flexibility index (Phi) is 2.03. The highest BCUT2D eigenvalue weighted by atomic mass is 16.6. The van der Waals surface area contributed by atoms with E-state index in [1.165, 1.54) is 0 Å². The van der Waals surface area contributed by atoms with Crippen molar-refractivity contribution in [3.8, 4) is 0 Å². The van der Waals surface area contributed by atoms with Gasteiger partial charge in [-0.25, -0.2) is 10.9 Å². The van der Waals surface area contributed by atoms with Gasteiger partial charge in [0.1, 0.15) is 6.10 Å². The van der Waals surface area contributed by atoms with E-state index < -0.39 is 0 Å². The maximum atomic E-state index is 4.98. The molecule has 1 rings (SSSR count). The second-order valence-electron chi connectivity index (χ2n) is 2.19. The Hall–Kier alpha value is -0.870. The van der Waals surface area contributed by atoms with Crippen LogP contribution in [-0.2, 0) is 4.84 Å². The first-order valence-electron chi connectivity index (χ1n) is 3.11. The molecule has 0 amide bonds. The lowest BCUT2D eigenvalue weighted by molar-refractivity contribution is 0.0632. The average molecular weight is 141 g/mol. The fraction of sp³-hybridized carbons (Fsp3) is 0.500. The average Bonchev–Trinajstić information content (AvgIpc) is 2.34. The lowest BCUT2D eigenvalue weighted by Crippen LogP contribution is -2.06. The Morgan fingerprint density at radius 1 is 1.80 bits per heavy atom. The molecule has 0 aromatic carbocycles. The maximum absolute atomic E-state index is 4.98. The van der Waals surface area contributed by atoms with Gasteiger partial charge in [-0.15, -0.1) is 0 Å². The Labute approximate surface area is 59.4 Å². The van der Waals surface area contributed by atoms with Crippen molar-refractivity contribution in [2.75, 3.05) is 0 Å². The van der Waals surface area contributed by atoms with Crippen molar-refractivity contribution in [1.29, 1.82) is 0 Å². The molecule has 0 radical (unpaired) electrons. The first-order valence-corrected chi connectivity index (χ1v) is 3.11. The summed E-state index contributed by atoms with van der Waals surface area (Å²) >= 11 is 0. The number of nitrogens with one attached hydrogen (secondary N) is 1. The minimum absolute atomic E-state index is 0.133.